The number of ether oxygens (including phenoxy) is 1. The maximum atomic E-state index is 10.8. The smallest absolute Gasteiger partial charge is 0.304 e. The molecule has 2 atom stereocenters. The van der Waals surface area contributed by atoms with Gasteiger partial charge < -0.3 is 14.9 Å². The first-order chi connectivity index (χ1) is 9.60. The van der Waals surface area contributed by atoms with E-state index in [0.717, 1.165) is 24.9 Å². The number of aliphatic hydroxyl groups excluding tert-OH is 1. The number of hydrogen-bond donors (Lipinski definition) is 2. The Balaban J connectivity index is 1.99. The van der Waals surface area contributed by atoms with Crippen molar-refractivity contribution in [2.75, 3.05) is 20.2 Å². The van der Waals surface area contributed by atoms with E-state index in [9.17, 15) is 9.90 Å². The summed E-state index contributed by atoms with van der Waals surface area (Å²) in [7, 11) is 1.59. The highest BCUT2D eigenvalue weighted by Gasteiger charge is 2.28. The number of hydrogen-bond acceptors (Lipinski definition) is 4. The van der Waals surface area contributed by atoms with Gasteiger partial charge in [-0.2, -0.15) is 0 Å². The zero-order chi connectivity index (χ0) is 14.5. The summed E-state index contributed by atoms with van der Waals surface area (Å²) in [6, 6.07) is 7.38. The number of likely N-dealkylation sites (tertiary alicyclic amines) is 1. The first kappa shape index (κ1) is 14.8. The van der Waals surface area contributed by atoms with Crippen molar-refractivity contribution in [2.24, 2.45) is 0 Å². The highest BCUT2D eigenvalue weighted by atomic mass is 16.5. The third kappa shape index (κ3) is 3.71. The van der Waals surface area contributed by atoms with Crippen LogP contribution in [0, 0.1) is 0 Å². The van der Waals surface area contributed by atoms with Gasteiger partial charge in [-0.05, 0) is 37.1 Å². The van der Waals surface area contributed by atoms with Gasteiger partial charge in [0.1, 0.15) is 5.75 Å². The average molecular weight is 279 g/mol. The normalized spacial score (nSPS) is 20.8. The third-order valence-corrected chi connectivity index (χ3v) is 3.80. The summed E-state index contributed by atoms with van der Waals surface area (Å²) in [4.78, 5) is 12.9. The molecule has 1 fully saturated rings. The molecule has 1 aromatic rings. The first-order valence-electron chi connectivity index (χ1n) is 6.88. The Morgan fingerprint density at radius 3 is 3.05 bits per heavy atom. The highest BCUT2D eigenvalue weighted by Crippen LogP contribution is 2.25. The monoisotopic (exact) mass is 279 g/mol. The second kappa shape index (κ2) is 6.72. The van der Waals surface area contributed by atoms with Crippen LogP contribution in [0.5, 0.6) is 5.75 Å². The van der Waals surface area contributed by atoms with Crippen LogP contribution in [0.15, 0.2) is 24.3 Å². The zero-order valence-corrected chi connectivity index (χ0v) is 11.7. The molecule has 0 aromatic heterocycles. The maximum Gasteiger partial charge on any atom is 0.304 e. The van der Waals surface area contributed by atoms with Crippen LogP contribution in [0.2, 0.25) is 0 Å². The number of methoxy groups -OCH3 is 1. The lowest BCUT2D eigenvalue weighted by molar-refractivity contribution is -0.138. The highest BCUT2D eigenvalue weighted by molar-refractivity contribution is 5.67. The summed E-state index contributed by atoms with van der Waals surface area (Å²) in [5.41, 5.74) is 0.797. The maximum absolute atomic E-state index is 10.8. The zero-order valence-electron chi connectivity index (χ0n) is 11.7. The molecule has 1 saturated heterocycles. The van der Waals surface area contributed by atoms with E-state index in [2.05, 4.69) is 4.90 Å². The number of aliphatic hydroxyl groups is 1. The van der Waals surface area contributed by atoms with Crippen molar-refractivity contribution in [3.05, 3.63) is 29.8 Å². The van der Waals surface area contributed by atoms with E-state index in [-0.39, 0.29) is 12.5 Å². The Morgan fingerprint density at radius 2 is 2.35 bits per heavy atom. The molecule has 0 amide bonds. The molecule has 0 bridgehead atoms. The van der Waals surface area contributed by atoms with Gasteiger partial charge in [0.25, 0.3) is 0 Å². The minimum absolute atomic E-state index is 0.0350. The summed E-state index contributed by atoms with van der Waals surface area (Å²) in [6.07, 6.45) is 1.39. The number of carboxylic acids is 1. The largest absolute Gasteiger partial charge is 0.497 e. The Bertz CT molecular complexity index is 463. The molecule has 20 heavy (non-hydrogen) atoms. The van der Waals surface area contributed by atoms with Crippen molar-refractivity contribution in [1.29, 1.82) is 0 Å². The van der Waals surface area contributed by atoms with Crippen LogP contribution in [0.1, 0.15) is 30.9 Å². The Morgan fingerprint density at radius 1 is 1.55 bits per heavy atom. The average Bonchev–Trinajstić information content (AvgIpc) is 2.85. The fourth-order valence-electron chi connectivity index (χ4n) is 2.74. The number of aliphatic carboxylic acids is 1. The summed E-state index contributed by atoms with van der Waals surface area (Å²) in [5, 5.41) is 19.2. The van der Waals surface area contributed by atoms with Gasteiger partial charge in [0.15, 0.2) is 0 Å². The van der Waals surface area contributed by atoms with Crippen molar-refractivity contribution in [3.8, 4) is 5.75 Å². The summed E-state index contributed by atoms with van der Waals surface area (Å²) in [5.74, 6) is -0.0668. The van der Waals surface area contributed by atoms with Gasteiger partial charge in [-0.3, -0.25) is 9.69 Å². The van der Waals surface area contributed by atoms with Crippen LogP contribution >= 0.6 is 0 Å². The molecule has 2 N–H and O–H groups in total. The molecule has 0 aliphatic carbocycles. The fourth-order valence-corrected chi connectivity index (χ4v) is 2.74. The van der Waals surface area contributed by atoms with E-state index in [0.29, 0.717) is 12.3 Å². The number of carbonyl (C=O) groups is 1. The minimum Gasteiger partial charge on any atom is -0.497 e. The van der Waals surface area contributed by atoms with Crippen molar-refractivity contribution in [1.82, 2.24) is 4.90 Å². The van der Waals surface area contributed by atoms with E-state index in [1.54, 1.807) is 7.11 Å². The predicted molar refractivity (Wildman–Crippen MR) is 74.8 cm³/mol. The molecular formula is C15H21NO4. The van der Waals surface area contributed by atoms with Gasteiger partial charge >= 0.3 is 5.97 Å². The second-order valence-corrected chi connectivity index (χ2v) is 5.18. The van der Waals surface area contributed by atoms with Crippen LogP contribution in [0.3, 0.4) is 0 Å². The van der Waals surface area contributed by atoms with E-state index in [4.69, 9.17) is 9.84 Å². The quantitative estimate of drug-likeness (QED) is 0.829. The van der Waals surface area contributed by atoms with Crippen molar-refractivity contribution in [3.63, 3.8) is 0 Å². The van der Waals surface area contributed by atoms with Gasteiger partial charge in [0, 0.05) is 12.6 Å². The van der Waals surface area contributed by atoms with Crippen molar-refractivity contribution < 1.29 is 19.7 Å². The minimum atomic E-state index is -0.780. The lowest BCUT2D eigenvalue weighted by atomic mass is 10.1. The van der Waals surface area contributed by atoms with Crippen LogP contribution in [0.25, 0.3) is 0 Å². The molecule has 5 nitrogen and oxygen atoms in total. The summed E-state index contributed by atoms with van der Waals surface area (Å²) in [6.45, 7) is 1.31. The molecule has 110 valence electrons. The van der Waals surface area contributed by atoms with Gasteiger partial charge in [-0.1, -0.05) is 12.1 Å². The van der Waals surface area contributed by atoms with E-state index < -0.39 is 12.1 Å². The topological polar surface area (TPSA) is 70.0 Å². The van der Waals surface area contributed by atoms with Crippen LogP contribution in [-0.4, -0.2) is 47.3 Å². The van der Waals surface area contributed by atoms with Gasteiger partial charge in [0.2, 0.25) is 0 Å². The SMILES string of the molecule is COc1cccc(C(O)CN2CCCC2CC(=O)O)c1. The molecule has 1 aliphatic heterocycles. The lowest BCUT2D eigenvalue weighted by Crippen LogP contribution is -2.34. The molecule has 1 heterocycles. The third-order valence-electron chi connectivity index (χ3n) is 3.80. The number of rotatable bonds is 6. The van der Waals surface area contributed by atoms with Crippen LogP contribution < -0.4 is 4.74 Å². The van der Waals surface area contributed by atoms with E-state index in [1.165, 1.54) is 0 Å². The molecule has 5 heteroatoms. The Hall–Kier alpha value is -1.59. The molecule has 2 rings (SSSR count). The van der Waals surface area contributed by atoms with Crippen molar-refractivity contribution in [2.45, 2.75) is 31.4 Å². The predicted octanol–water partition coefficient (Wildman–Crippen LogP) is 1.67. The lowest BCUT2D eigenvalue weighted by Gasteiger charge is -2.26. The van der Waals surface area contributed by atoms with Gasteiger partial charge in [-0.15, -0.1) is 0 Å². The molecule has 0 spiro atoms. The number of benzene rings is 1. The molecule has 1 aliphatic rings. The molecule has 0 saturated carbocycles. The fraction of sp³-hybridized carbons (Fsp3) is 0.533. The van der Waals surface area contributed by atoms with E-state index in [1.807, 2.05) is 24.3 Å². The number of carboxylic acid groups (broad SMARTS) is 1. The van der Waals surface area contributed by atoms with Crippen LogP contribution in [-0.2, 0) is 4.79 Å². The number of β-amino-alcohol motifs (C(OH)–C–C–N with tert-alkyl or cyclic N) is 1. The standard InChI is InChI=1S/C15H21NO4/c1-20-13-6-2-4-11(8-13)14(17)10-16-7-3-5-12(16)9-15(18)19/h2,4,6,8,12,14,17H,3,5,7,9-10H2,1H3,(H,18,19). The molecule has 1 aromatic carbocycles. The number of nitrogens with zero attached hydrogens (tertiary/aromatic N) is 1. The van der Waals surface area contributed by atoms with Crippen LogP contribution in [0.4, 0.5) is 0 Å². The first-order valence-corrected chi connectivity index (χ1v) is 6.88. The summed E-state index contributed by atoms with van der Waals surface area (Å²) >= 11 is 0. The van der Waals surface area contributed by atoms with Gasteiger partial charge in [-0.25, -0.2) is 0 Å². The molecular weight excluding hydrogens is 258 g/mol. The van der Waals surface area contributed by atoms with E-state index >= 15 is 0 Å². The Labute approximate surface area is 118 Å². The summed E-state index contributed by atoms with van der Waals surface area (Å²) < 4.78 is 5.15. The van der Waals surface area contributed by atoms with Gasteiger partial charge in [0.05, 0.1) is 19.6 Å². The second-order valence-electron chi connectivity index (χ2n) is 5.18. The molecule has 2 unspecified atom stereocenters. The van der Waals surface area contributed by atoms with Crippen molar-refractivity contribution >= 4 is 5.97 Å². The molecule has 0 radical (unpaired) electrons. The Kier molecular flexibility index (Phi) is 4.98.